The van der Waals surface area contributed by atoms with E-state index in [0.717, 1.165) is 0 Å². The van der Waals surface area contributed by atoms with E-state index in [1.165, 1.54) is 13.8 Å². The summed E-state index contributed by atoms with van der Waals surface area (Å²) in [5.74, 6) is 0. The van der Waals surface area contributed by atoms with Crippen molar-refractivity contribution in [3.05, 3.63) is 0 Å². The van der Waals surface area contributed by atoms with E-state index in [-0.39, 0.29) is 0 Å². The van der Waals surface area contributed by atoms with E-state index in [9.17, 15) is 8.42 Å². The number of nitrogens with zero attached hydrogens (tertiary/aromatic N) is 1. The maximum absolute atomic E-state index is 11.1. The Bertz CT molecular complexity index is 282. The number of rotatable bonds is 3. The highest BCUT2D eigenvalue weighted by atomic mass is 79.9. The number of hydrogen-bond acceptors (Lipinski definition) is 3. The van der Waals surface area contributed by atoms with E-state index in [1.54, 1.807) is 24.8 Å². The lowest BCUT2D eigenvalue weighted by atomic mass is 9.90. The first kappa shape index (κ1) is 13.4. The molecule has 0 unspecified atom stereocenters. The molecule has 13 heavy (non-hydrogen) atoms. The van der Waals surface area contributed by atoms with E-state index in [4.69, 9.17) is 4.55 Å². The summed E-state index contributed by atoms with van der Waals surface area (Å²) < 4.78 is 31.6. The third-order valence-electron chi connectivity index (χ3n) is 2.89. The predicted octanol–water partition coefficient (Wildman–Crippen LogP) is 1.67. The molecule has 0 bridgehead atoms. The van der Waals surface area contributed by atoms with Gasteiger partial charge in [-0.3, -0.25) is 4.55 Å². The van der Waals surface area contributed by atoms with E-state index in [1.807, 2.05) is 0 Å². The average molecular weight is 274 g/mol. The molecule has 0 saturated heterocycles. The van der Waals surface area contributed by atoms with Crippen LogP contribution in [0.15, 0.2) is 0 Å². The standard InChI is InChI=1S/C7H16BrNO3S/c1-6(2,9(5)8)7(3,4)13(10,11)12/h1-5H3,(H,10,11,12). The molecule has 6 heteroatoms. The van der Waals surface area contributed by atoms with E-state index in [2.05, 4.69) is 16.1 Å². The second-order valence-electron chi connectivity index (χ2n) is 4.02. The molecule has 1 N–H and O–H groups in total. The van der Waals surface area contributed by atoms with Gasteiger partial charge in [0.2, 0.25) is 0 Å². The summed E-state index contributed by atoms with van der Waals surface area (Å²) in [7, 11) is -2.38. The first-order valence-corrected chi connectivity index (χ1v) is 5.96. The van der Waals surface area contributed by atoms with Gasteiger partial charge < -0.3 is 0 Å². The van der Waals surface area contributed by atoms with Crippen LogP contribution in [0.5, 0.6) is 0 Å². The first-order chi connectivity index (χ1) is 5.44. The van der Waals surface area contributed by atoms with Crippen molar-refractivity contribution in [3.8, 4) is 0 Å². The van der Waals surface area contributed by atoms with Crippen molar-refractivity contribution in [3.63, 3.8) is 0 Å². The summed E-state index contributed by atoms with van der Waals surface area (Å²) in [6.07, 6.45) is 0. The minimum atomic E-state index is -4.08. The maximum Gasteiger partial charge on any atom is 0.271 e. The SMILES string of the molecule is CN(Br)C(C)(C)C(C)(C)S(=O)(=O)O. The van der Waals surface area contributed by atoms with Crippen molar-refractivity contribution < 1.29 is 13.0 Å². The highest BCUT2D eigenvalue weighted by molar-refractivity contribution is 9.07. The van der Waals surface area contributed by atoms with Gasteiger partial charge in [-0.1, -0.05) is 0 Å². The zero-order chi connectivity index (χ0) is 11.1. The quantitative estimate of drug-likeness (QED) is 0.628. The maximum atomic E-state index is 11.1. The Morgan fingerprint density at radius 1 is 1.23 bits per heavy atom. The van der Waals surface area contributed by atoms with E-state index in [0.29, 0.717) is 0 Å². The third kappa shape index (κ3) is 2.23. The molecule has 0 rings (SSSR count). The second-order valence-corrected chi connectivity index (χ2v) is 7.06. The van der Waals surface area contributed by atoms with Gasteiger partial charge in [0.15, 0.2) is 0 Å². The molecule has 4 nitrogen and oxygen atoms in total. The smallest absolute Gasteiger partial charge is 0.271 e. The lowest BCUT2D eigenvalue weighted by Gasteiger charge is -2.42. The Kier molecular flexibility index (Phi) is 3.58. The van der Waals surface area contributed by atoms with Crippen LogP contribution in [0.3, 0.4) is 0 Å². The van der Waals surface area contributed by atoms with Gasteiger partial charge in [-0.2, -0.15) is 8.42 Å². The Morgan fingerprint density at radius 3 is 1.62 bits per heavy atom. The lowest BCUT2D eigenvalue weighted by Crippen LogP contribution is -2.57. The van der Waals surface area contributed by atoms with E-state index >= 15 is 0 Å². The summed E-state index contributed by atoms with van der Waals surface area (Å²) in [5, 5.41) is 0. The fourth-order valence-electron chi connectivity index (χ4n) is 0.687. The van der Waals surface area contributed by atoms with Gasteiger partial charge in [0.25, 0.3) is 10.1 Å². The molecule has 0 aromatic rings. The van der Waals surface area contributed by atoms with Crippen molar-refractivity contribution in [2.24, 2.45) is 0 Å². The molecule has 0 fully saturated rings. The number of halogens is 1. The highest BCUT2D eigenvalue weighted by Crippen LogP contribution is 2.34. The summed E-state index contributed by atoms with van der Waals surface area (Å²) in [6, 6.07) is 0. The third-order valence-corrected chi connectivity index (χ3v) is 5.56. The van der Waals surface area contributed by atoms with Gasteiger partial charge in [0, 0.05) is 21.7 Å². The van der Waals surface area contributed by atoms with Crippen molar-refractivity contribution in [2.75, 3.05) is 7.05 Å². The molecule has 0 spiro atoms. The molecule has 0 heterocycles. The molecule has 80 valence electrons. The van der Waals surface area contributed by atoms with Crippen molar-refractivity contribution in [1.82, 2.24) is 3.93 Å². The van der Waals surface area contributed by atoms with Crippen LogP contribution in [0.25, 0.3) is 0 Å². The Labute approximate surface area is 88.4 Å². The van der Waals surface area contributed by atoms with Crippen LogP contribution in [0, 0.1) is 0 Å². The van der Waals surface area contributed by atoms with Crippen LogP contribution in [-0.2, 0) is 10.1 Å². The molecule has 0 atom stereocenters. The summed E-state index contributed by atoms with van der Waals surface area (Å²) in [5.41, 5.74) is -0.708. The molecular formula is C7H16BrNO3S. The minimum Gasteiger partial charge on any atom is -0.285 e. The van der Waals surface area contributed by atoms with E-state index < -0.39 is 20.4 Å². The molecular weight excluding hydrogens is 258 g/mol. The topological polar surface area (TPSA) is 57.6 Å². The summed E-state index contributed by atoms with van der Waals surface area (Å²) in [4.78, 5) is 0. The summed E-state index contributed by atoms with van der Waals surface area (Å²) in [6.45, 7) is 6.44. The van der Waals surface area contributed by atoms with Gasteiger partial charge in [-0.15, -0.1) is 0 Å². The zero-order valence-corrected chi connectivity index (χ0v) is 10.9. The molecule has 0 saturated carbocycles. The molecule has 0 aliphatic carbocycles. The molecule has 0 radical (unpaired) electrons. The van der Waals surface area contributed by atoms with Crippen LogP contribution in [-0.4, -0.2) is 34.2 Å². The Hall–Kier alpha value is 0.350. The van der Waals surface area contributed by atoms with Crippen molar-refractivity contribution in [2.45, 2.75) is 38.0 Å². The van der Waals surface area contributed by atoms with Gasteiger partial charge >= 0.3 is 0 Å². The minimum absolute atomic E-state index is 0.708. The highest BCUT2D eigenvalue weighted by Gasteiger charge is 2.49. The molecule has 0 aliphatic heterocycles. The average Bonchev–Trinajstić information content (AvgIpc) is 1.84. The second kappa shape index (κ2) is 3.49. The fourth-order valence-corrected chi connectivity index (χ4v) is 2.02. The number of hydrogen-bond donors (Lipinski definition) is 1. The monoisotopic (exact) mass is 273 g/mol. The molecule has 0 amide bonds. The molecule has 0 aliphatic rings. The Morgan fingerprint density at radius 2 is 1.54 bits per heavy atom. The fraction of sp³-hybridized carbons (Fsp3) is 1.00. The van der Waals surface area contributed by atoms with Crippen LogP contribution in [0.4, 0.5) is 0 Å². The van der Waals surface area contributed by atoms with Crippen LogP contribution >= 0.6 is 16.1 Å². The van der Waals surface area contributed by atoms with Gasteiger partial charge in [0.05, 0.1) is 0 Å². The first-order valence-electron chi connectivity index (χ1n) is 3.81. The molecule has 0 aromatic carbocycles. The predicted molar refractivity (Wildman–Crippen MR) is 56.4 cm³/mol. The Balaban J connectivity index is 5.29. The van der Waals surface area contributed by atoms with Gasteiger partial charge in [0.1, 0.15) is 4.75 Å². The molecule has 0 aromatic heterocycles. The van der Waals surface area contributed by atoms with Crippen LogP contribution < -0.4 is 0 Å². The summed E-state index contributed by atoms with van der Waals surface area (Å²) >= 11 is 3.18. The normalized spacial score (nSPS) is 15.1. The van der Waals surface area contributed by atoms with Crippen LogP contribution in [0.1, 0.15) is 27.7 Å². The largest absolute Gasteiger partial charge is 0.285 e. The van der Waals surface area contributed by atoms with Gasteiger partial charge in [-0.05, 0) is 34.7 Å². The van der Waals surface area contributed by atoms with Crippen molar-refractivity contribution in [1.29, 1.82) is 0 Å². The van der Waals surface area contributed by atoms with Crippen molar-refractivity contribution >= 4 is 26.3 Å². The van der Waals surface area contributed by atoms with Crippen LogP contribution in [0.2, 0.25) is 0 Å². The lowest BCUT2D eigenvalue weighted by molar-refractivity contribution is 0.222. The zero-order valence-electron chi connectivity index (χ0n) is 8.50. The van der Waals surface area contributed by atoms with Gasteiger partial charge in [-0.25, -0.2) is 3.93 Å².